The topological polar surface area (TPSA) is 43.7 Å². The van der Waals surface area contributed by atoms with Crippen LogP contribution < -0.4 is 0 Å². The Hall–Kier alpha value is -0.770. The van der Waals surface area contributed by atoms with E-state index in [1.807, 2.05) is 27.7 Å². The van der Waals surface area contributed by atoms with E-state index in [4.69, 9.17) is 16.7 Å². The van der Waals surface area contributed by atoms with Gasteiger partial charge in [0.25, 0.3) is 0 Å². The Morgan fingerprint density at radius 3 is 1.79 bits per heavy atom. The lowest BCUT2D eigenvalue weighted by atomic mass is 9.83. The number of benzene rings is 1. The summed E-state index contributed by atoms with van der Waals surface area (Å²) in [4.78, 5) is 2.28. The highest BCUT2D eigenvalue weighted by atomic mass is 35.5. The molecule has 0 aliphatic heterocycles. The maximum atomic E-state index is 9.33. The van der Waals surface area contributed by atoms with E-state index in [2.05, 4.69) is 25.9 Å². The summed E-state index contributed by atoms with van der Waals surface area (Å²) in [6, 6.07) is 7.33. The monoisotopic (exact) mass is 359 g/mol. The molecule has 0 spiro atoms. The van der Waals surface area contributed by atoms with Crippen LogP contribution in [-0.2, 0) is 0 Å². The highest BCUT2D eigenvalue weighted by Gasteiger charge is 2.24. The summed E-state index contributed by atoms with van der Waals surface area (Å²) in [5, 5.41) is 18.5. The molecule has 0 amide bonds. The molecule has 2 N–H and O–H groups in total. The lowest BCUT2D eigenvalue weighted by molar-refractivity contribution is 0.0827. The summed E-state index contributed by atoms with van der Waals surface area (Å²) in [7, 11) is 4.27. The van der Waals surface area contributed by atoms with Gasteiger partial charge in [-0.3, -0.25) is 0 Å². The van der Waals surface area contributed by atoms with Crippen molar-refractivity contribution in [1.82, 2.24) is 4.90 Å². The van der Waals surface area contributed by atoms with Gasteiger partial charge in [-0.05, 0) is 64.8 Å². The molecule has 0 heterocycles. The van der Waals surface area contributed by atoms with Gasteiger partial charge in [-0.2, -0.15) is 0 Å². The van der Waals surface area contributed by atoms with Crippen LogP contribution in [0, 0.1) is 5.92 Å². The molecule has 1 aliphatic carbocycles. The van der Waals surface area contributed by atoms with Gasteiger partial charge in [-0.15, -0.1) is 0 Å². The zero-order valence-corrected chi connectivity index (χ0v) is 17.3. The third-order valence-electron chi connectivity index (χ3n) is 4.09. The Morgan fingerprint density at radius 2 is 1.46 bits per heavy atom. The van der Waals surface area contributed by atoms with Crippen LogP contribution in [0.3, 0.4) is 0 Å². The highest BCUT2D eigenvalue weighted by Crippen LogP contribution is 2.28. The van der Waals surface area contributed by atoms with E-state index < -0.39 is 0 Å². The van der Waals surface area contributed by atoms with E-state index in [9.17, 15) is 5.11 Å². The molecular formula is C20H38ClNO2. The maximum absolute atomic E-state index is 9.33. The van der Waals surface area contributed by atoms with E-state index in [0.29, 0.717) is 11.1 Å². The third-order valence-corrected chi connectivity index (χ3v) is 4.41. The summed E-state index contributed by atoms with van der Waals surface area (Å²) < 4.78 is 0. The Bertz CT molecular complexity index is 370. The normalized spacial score (nSPS) is 20.4. The van der Waals surface area contributed by atoms with E-state index in [0.717, 1.165) is 18.8 Å². The van der Waals surface area contributed by atoms with Gasteiger partial charge >= 0.3 is 0 Å². The quantitative estimate of drug-likeness (QED) is 0.723. The van der Waals surface area contributed by atoms with E-state index >= 15 is 0 Å². The minimum Gasteiger partial charge on any atom is -0.506 e. The van der Waals surface area contributed by atoms with Crippen molar-refractivity contribution < 1.29 is 10.2 Å². The molecule has 1 saturated carbocycles. The van der Waals surface area contributed by atoms with Gasteiger partial charge in [-0.25, -0.2) is 0 Å². The number of hydrogen-bond donors (Lipinski definition) is 2. The van der Waals surface area contributed by atoms with Crippen LogP contribution in [0.1, 0.15) is 60.3 Å². The first kappa shape index (κ1) is 25.5. The summed E-state index contributed by atoms with van der Waals surface area (Å²) in [6.07, 6.45) is 4.38. The predicted octanol–water partition coefficient (Wildman–Crippen LogP) is 5.59. The molecule has 0 aromatic heterocycles. The van der Waals surface area contributed by atoms with Crippen LogP contribution in [0.4, 0.5) is 0 Å². The number of hydrogen-bond acceptors (Lipinski definition) is 3. The second-order valence-corrected chi connectivity index (χ2v) is 6.13. The van der Waals surface area contributed by atoms with Gasteiger partial charge in [-0.1, -0.05) is 51.4 Å². The number of aliphatic hydroxyl groups excluding tert-OH is 1. The fourth-order valence-corrected chi connectivity index (χ4v) is 2.59. The SMILES string of the molecule is CC.CC.C[C@H](C1CCC(O)CC1)N(C)C.Oc1ccccc1Cl. The molecule has 1 aromatic carbocycles. The molecule has 1 atom stereocenters. The molecule has 0 unspecified atom stereocenters. The van der Waals surface area contributed by atoms with Crippen molar-refractivity contribution in [3.63, 3.8) is 0 Å². The molecule has 4 heteroatoms. The average Bonchev–Trinajstić information content (AvgIpc) is 2.61. The van der Waals surface area contributed by atoms with Gasteiger partial charge < -0.3 is 15.1 Å². The largest absolute Gasteiger partial charge is 0.506 e. The first-order valence-corrected chi connectivity index (χ1v) is 9.57. The minimum atomic E-state index is -0.0180. The Labute approximate surface area is 154 Å². The molecule has 0 saturated heterocycles. The molecule has 1 aromatic rings. The van der Waals surface area contributed by atoms with Crippen molar-refractivity contribution in [2.75, 3.05) is 14.1 Å². The number of aliphatic hydroxyl groups is 1. The number of nitrogens with zero attached hydrogens (tertiary/aromatic N) is 1. The van der Waals surface area contributed by atoms with Gasteiger partial charge in [0.15, 0.2) is 0 Å². The van der Waals surface area contributed by atoms with Crippen LogP contribution in [-0.4, -0.2) is 41.4 Å². The minimum absolute atomic E-state index is 0.0180. The molecule has 3 nitrogen and oxygen atoms in total. The lowest BCUT2D eigenvalue weighted by Crippen LogP contribution is -2.35. The van der Waals surface area contributed by atoms with Gasteiger partial charge in [0, 0.05) is 6.04 Å². The molecule has 24 heavy (non-hydrogen) atoms. The second kappa shape index (κ2) is 15.7. The Kier molecular flexibility index (Phi) is 16.7. The Morgan fingerprint density at radius 1 is 1.00 bits per heavy atom. The zero-order chi connectivity index (χ0) is 19.1. The average molecular weight is 360 g/mol. The second-order valence-electron chi connectivity index (χ2n) is 5.72. The fourth-order valence-electron chi connectivity index (χ4n) is 2.46. The lowest BCUT2D eigenvalue weighted by Gasteiger charge is -2.33. The van der Waals surface area contributed by atoms with Gasteiger partial charge in [0.1, 0.15) is 5.75 Å². The molecule has 0 radical (unpaired) electrons. The van der Waals surface area contributed by atoms with Crippen molar-refractivity contribution in [2.24, 2.45) is 5.92 Å². The van der Waals surface area contributed by atoms with Crippen LogP contribution in [0.2, 0.25) is 5.02 Å². The predicted molar refractivity (Wildman–Crippen MR) is 107 cm³/mol. The summed E-state index contributed by atoms with van der Waals surface area (Å²) in [5.41, 5.74) is 0. The van der Waals surface area contributed by atoms with Gasteiger partial charge in [0.2, 0.25) is 0 Å². The first-order valence-electron chi connectivity index (χ1n) is 9.19. The number of halogens is 1. The maximum Gasteiger partial charge on any atom is 0.134 e. The van der Waals surface area contributed by atoms with Crippen LogP contribution in [0.15, 0.2) is 24.3 Å². The molecule has 0 bridgehead atoms. The van der Waals surface area contributed by atoms with Crippen molar-refractivity contribution in [3.05, 3.63) is 29.3 Å². The van der Waals surface area contributed by atoms with Crippen LogP contribution >= 0.6 is 11.6 Å². The number of phenolic OH excluding ortho intramolecular Hbond substituents is 1. The number of rotatable bonds is 2. The van der Waals surface area contributed by atoms with E-state index in [1.165, 1.54) is 12.8 Å². The summed E-state index contributed by atoms with van der Waals surface area (Å²) in [6.45, 7) is 10.3. The molecule has 2 rings (SSSR count). The summed E-state index contributed by atoms with van der Waals surface area (Å²) >= 11 is 5.46. The molecule has 1 aliphatic rings. The smallest absolute Gasteiger partial charge is 0.134 e. The molecule has 142 valence electrons. The van der Waals surface area contributed by atoms with E-state index in [1.54, 1.807) is 24.3 Å². The van der Waals surface area contributed by atoms with Crippen molar-refractivity contribution >= 4 is 11.6 Å². The van der Waals surface area contributed by atoms with Gasteiger partial charge in [0.05, 0.1) is 11.1 Å². The standard InChI is InChI=1S/C10H21NO.C6H5ClO.2C2H6/c1-8(11(2)3)9-4-6-10(12)7-5-9;7-5-3-1-2-4-6(5)8;2*1-2/h8-10,12H,4-7H2,1-3H3;1-4,8H;2*1-2H3/t8-,9?,10?;;;/m1.../s1. The van der Waals surface area contributed by atoms with Crippen molar-refractivity contribution in [1.29, 1.82) is 0 Å². The number of para-hydroxylation sites is 1. The summed E-state index contributed by atoms with van der Waals surface area (Å²) in [5.74, 6) is 0.928. The zero-order valence-electron chi connectivity index (χ0n) is 16.6. The Balaban J connectivity index is 0. The number of phenols is 1. The van der Waals surface area contributed by atoms with Crippen molar-refractivity contribution in [2.45, 2.75) is 72.4 Å². The fraction of sp³-hybridized carbons (Fsp3) is 0.700. The molecule has 1 fully saturated rings. The highest BCUT2D eigenvalue weighted by molar-refractivity contribution is 6.31. The van der Waals surface area contributed by atoms with E-state index in [-0.39, 0.29) is 11.9 Å². The van der Waals surface area contributed by atoms with Crippen LogP contribution in [0.25, 0.3) is 0 Å². The molecular weight excluding hydrogens is 322 g/mol. The first-order chi connectivity index (χ1) is 11.4. The third kappa shape index (κ3) is 10.9. The number of aromatic hydroxyl groups is 1. The van der Waals surface area contributed by atoms with Crippen LogP contribution in [0.5, 0.6) is 5.75 Å². The van der Waals surface area contributed by atoms with Crippen molar-refractivity contribution in [3.8, 4) is 5.75 Å².